The maximum absolute atomic E-state index is 12.6. The van der Waals surface area contributed by atoms with Crippen molar-refractivity contribution in [3.05, 3.63) is 29.8 Å². The van der Waals surface area contributed by atoms with Gasteiger partial charge < -0.3 is 16.2 Å². The summed E-state index contributed by atoms with van der Waals surface area (Å²) < 4.78 is 0. The Bertz CT molecular complexity index is 520. The number of amides is 1. The van der Waals surface area contributed by atoms with Crippen LogP contribution in [0.1, 0.15) is 48.9 Å². The van der Waals surface area contributed by atoms with Gasteiger partial charge in [0.15, 0.2) is 0 Å². The highest BCUT2D eigenvalue weighted by Gasteiger charge is 2.37. The number of nitrogens with one attached hydrogen (secondary N) is 1. The van der Waals surface area contributed by atoms with Gasteiger partial charge in [0.25, 0.3) is 0 Å². The van der Waals surface area contributed by atoms with Crippen molar-refractivity contribution < 1.29 is 14.7 Å². The van der Waals surface area contributed by atoms with Gasteiger partial charge in [-0.25, -0.2) is 4.79 Å². The molecular formula is C16H22N2O3. The number of anilines is 1. The van der Waals surface area contributed by atoms with Gasteiger partial charge >= 0.3 is 5.97 Å². The number of benzene rings is 1. The smallest absolute Gasteiger partial charge is 0.335 e. The zero-order chi connectivity index (χ0) is 15.3. The van der Waals surface area contributed by atoms with Crippen LogP contribution in [0, 0.1) is 5.41 Å². The molecule has 2 rings (SSSR count). The summed E-state index contributed by atoms with van der Waals surface area (Å²) in [4.78, 5) is 23.6. The Morgan fingerprint density at radius 2 is 1.86 bits per heavy atom. The number of carboxylic acids is 1. The van der Waals surface area contributed by atoms with Gasteiger partial charge in [0.05, 0.1) is 11.0 Å². The highest BCUT2D eigenvalue weighted by Crippen LogP contribution is 2.35. The molecular weight excluding hydrogens is 268 g/mol. The molecule has 1 fully saturated rings. The number of carboxylic acid groups (broad SMARTS) is 1. The topological polar surface area (TPSA) is 92.4 Å². The van der Waals surface area contributed by atoms with Crippen molar-refractivity contribution in [1.82, 2.24) is 0 Å². The van der Waals surface area contributed by atoms with Crippen LogP contribution in [0.15, 0.2) is 24.3 Å². The van der Waals surface area contributed by atoms with Crippen LogP contribution in [0.4, 0.5) is 5.69 Å². The fraction of sp³-hybridized carbons (Fsp3) is 0.500. The van der Waals surface area contributed by atoms with Gasteiger partial charge in [-0.3, -0.25) is 4.79 Å². The van der Waals surface area contributed by atoms with E-state index in [-0.39, 0.29) is 11.5 Å². The highest BCUT2D eigenvalue weighted by atomic mass is 16.4. The normalized spacial score (nSPS) is 17.8. The fourth-order valence-corrected chi connectivity index (χ4v) is 2.92. The molecule has 1 aliphatic carbocycles. The van der Waals surface area contributed by atoms with Crippen molar-refractivity contribution in [3.63, 3.8) is 0 Å². The SMILES string of the molecule is NCC1(C(=O)Nc2cccc(C(=O)O)c2)CCCCCC1. The van der Waals surface area contributed by atoms with E-state index in [0.29, 0.717) is 12.2 Å². The molecule has 0 spiro atoms. The van der Waals surface area contributed by atoms with Crippen LogP contribution in [0.25, 0.3) is 0 Å². The first-order valence-electron chi connectivity index (χ1n) is 7.42. The van der Waals surface area contributed by atoms with E-state index < -0.39 is 11.4 Å². The third kappa shape index (κ3) is 3.61. The van der Waals surface area contributed by atoms with Crippen molar-refractivity contribution in [2.24, 2.45) is 11.1 Å². The molecule has 5 heteroatoms. The molecule has 0 saturated heterocycles. The number of rotatable bonds is 4. The minimum Gasteiger partial charge on any atom is -0.478 e. The molecule has 1 aromatic carbocycles. The van der Waals surface area contributed by atoms with Gasteiger partial charge in [-0.2, -0.15) is 0 Å². The molecule has 1 aromatic rings. The predicted octanol–water partition coefficient (Wildman–Crippen LogP) is 2.62. The lowest BCUT2D eigenvalue weighted by atomic mass is 9.79. The number of carbonyl (C=O) groups is 2. The Hall–Kier alpha value is -1.88. The van der Waals surface area contributed by atoms with E-state index in [0.717, 1.165) is 38.5 Å². The minimum atomic E-state index is -1.01. The van der Waals surface area contributed by atoms with Crippen molar-refractivity contribution in [2.45, 2.75) is 38.5 Å². The average Bonchev–Trinajstić information content (AvgIpc) is 2.74. The van der Waals surface area contributed by atoms with Gasteiger partial charge in [0, 0.05) is 12.2 Å². The molecule has 0 aliphatic heterocycles. The van der Waals surface area contributed by atoms with E-state index in [2.05, 4.69) is 5.32 Å². The Balaban J connectivity index is 2.15. The second-order valence-corrected chi connectivity index (χ2v) is 5.74. The van der Waals surface area contributed by atoms with E-state index in [1.807, 2.05) is 0 Å². The summed E-state index contributed by atoms with van der Waals surface area (Å²) in [6, 6.07) is 6.30. The van der Waals surface area contributed by atoms with Crippen LogP contribution >= 0.6 is 0 Å². The van der Waals surface area contributed by atoms with Gasteiger partial charge in [-0.15, -0.1) is 0 Å². The second-order valence-electron chi connectivity index (χ2n) is 5.74. The Kier molecular flexibility index (Phi) is 4.96. The molecule has 21 heavy (non-hydrogen) atoms. The van der Waals surface area contributed by atoms with Crippen molar-refractivity contribution >= 4 is 17.6 Å². The minimum absolute atomic E-state index is 0.0885. The molecule has 0 heterocycles. The predicted molar refractivity (Wildman–Crippen MR) is 81.2 cm³/mol. The molecule has 0 unspecified atom stereocenters. The van der Waals surface area contributed by atoms with Crippen LogP contribution in [-0.2, 0) is 4.79 Å². The van der Waals surface area contributed by atoms with Gasteiger partial charge in [0.1, 0.15) is 0 Å². The van der Waals surface area contributed by atoms with Crippen LogP contribution in [0.3, 0.4) is 0 Å². The monoisotopic (exact) mass is 290 g/mol. The quantitative estimate of drug-likeness (QED) is 0.743. The van der Waals surface area contributed by atoms with Crippen molar-refractivity contribution in [2.75, 3.05) is 11.9 Å². The summed E-state index contributed by atoms with van der Waals surface area (Å²) in [5.74, 6) is -1.09. The second kappa shape index (κ2) is 6.72. The maximum atomic E-state index is 12.6. The fourth-order valence-electron chi connectivity index (χ4n) is 2.92. The number of hydrogen-bond acceptors (Lipinski definition) is 3. The zero-order valence-electron chi connectivity index (χ0n) is 12.1. The lowest BCUT2D eigenvalue weighted by Crippen LogP contribution is -2.42. The molecule has 1 saturated carbocycles. The summed E-state index contributed by atoms with van der Waals surface area (Å²) in [5.41, 5.74) is 6.04. The molecule has 0 atom stereocenters. The Labute approximate surface area is 124 Å². The number of hydrogen-bond donors (Lipinski definition) is 3. The highest BCUT2D eigenvalue weighted by molar-refractivity contribution is 5.97. The maximum Gasteiger partial charge on any atom is 0.335 e. The van der Waals surface area contributed by atoms with E-state index >= 15 is 0 Å². The summed E-state index contributed by atoms with van der Waals surface area (Å²) in [6.07, 6.45) is 5.91. The van der Waals surface area contributed by atoms with Crippen molar-refractivity contribution in [3.8, 4) is 0 Å². The third-order valence-electron chi connectivity index (χ3n) is 4.30. The molecule has 0 bridgehead atoms. The van der Waals surface area contributed by atoms with E-state index in [4.69, 9.17) is 10.8 Å². The van der Waals surface area contributed by atoms with Gasteiger partial charge in [-0.05, 0) is 31.0 Å². The summed E-state index contributed by atoms with van der Waals surface area (Å²) in [6.45, 7) is 0.331. The number of carbonyl (C=O) groups excluding carboxylic acids is 1. The van der Waals surface area contributed by atoms with Crippen LogP contribution < -0.4 is 11.1 Å². The molecule has 1 amide bonds. The van der Waals surface area contributed by atoms with E-state index in [1.165, 1.54) is 12.1 Å². The van der Waals surface area contributed by atoms with Gasteiger partial charge in [-0.1, -0.05) is 31.7 Å². The molecule has 5 nitrogen and oxygen atoms in total. The molecule has 114 valence electrons. The third-order valence-corrected chi connectivity index (χ3v) is 4.30. The standard InChI is InChI=1S/C16H22N2O3/c17-11-16(8-3-1-2-4-9-16)15(21)18-13-7-5-6-12(10-13)14(19)20/h5-7,10H,1-4,8-9,11,17H2,(H,18,21)(H,19,20). The summed E-state index contributed by atoms with van der Waals surface area (Å²) in [7, 11) is 0. The zero-order valence-corrected chi connectivity index (χ0v) is 12.1. The van der Waals surface area contributed by atoms with E-state index in [9.17, 15) is 9.59 Å². The Morgan fingerprint density at radius 3 is 2.43 bits per heavy atom. The molecule has 0 radical (unpaired) electrons. The number of nitrogens with two attached hydrogens (primary N) is 1. The lowest BCUT2D eigenvalue weighted by Gasteiger charge is -2.29. The molecule has 1 aliphatic rings. The van der Waals surface area contributed by atoms with Crippen molar-refractivity contribution in [1.29, 1.82) is 0 Å². The van der Waals surface area contributed by atoms with Crippen LogP contribution in [0.5, 0.6) is 0 Å². The summed E-state index contributed by atoms with van der Waals surface area (Å²) >= 11 is 0. The molecule has 0 aromatic heterocycles. The summed E-state index contributed by atoms with van der Waals surface area (Å²) in [5, 5.41) is 11.8. The first-order valence-corrected chi connectivity index (χ1v) is 7.42. The average molecular weight is 290 g/mol. The van der Waals surface area contributed by atoms with Crippen LogP contribution in [0.2, 0.25) is 0 Å². The van der Waals surface area contributed by atoms with E-state index in [1.54, 1.807) is 12.1 Å². The van der Waals surface area contributed by atoms with Crippen LogP contribution in [-0.4, -0.2) is 23.5 Å². The molecule has 4 N–H and O–H groups in total. The first-order chi connectivity index (χ1) is 10.1. The first kappa shape index (κ1) is 15.5. The lowest BCUT2D eigenvalue weighted by molar-refractivity contribution is -0.125. The largest absolute Gasteiger partial charge is 0.478 e. The van der Waals surface area contributed by atoms with Gasteiger partial charge in [0.2, 0.25) is 5.91 Å². The number of aromatic carboxylic acids is 1. The Morgan fingerprint density at radius 1 is 1.19 bits per heavy atom.